The third kappa shape index (κ3) is 2.49. The monoisotopic (exact) mass is 236 g/mol. The Hall–Kier alpha value is -1.78. The SMILES string of the molecule is NC(=O)c1ccoc1C(=O)N1CCCCCC1. The Morgan fingerprint density at radius 3 is 2.41 bits per heavy atom. The summed E-state index contributed by atoms with van der Waals surface area (Å²) in [5.41, 5.74) is 5.35. The van der Waals surface area contributed by atoms with Gasteiger partial charge in [0, 0.05) is 13.1 Å². The summed E-state index contributed by atoms with van der Waals surface area (Å²) in [6.45, 7) is 1.44. The molecule has 0 unspecified atom stereocenters. The molecule has 0 saturated carbocycles. The van der Waals surface area contributed by atoms with Gasteiger partial charge in [0.05, 0.1) is 11.8 Å². The lowest BCUT2D eigenvalue weighted by molar-refractivity contribution is 0.0724. The zero-order valence-electron chi connectivity index (χ0n) is 9.65. The van der Waals surface area contributed by atoms with Crippen LogP contribution in [0.2, 0.25) is 0 Å². The first-order chi connectivity index (χ1) is 8.20. The zero-order valence-corrected chi connectivity index (χ0v) is 9.65. The predicted octanol–water partition coefficient (Wildman–Crippen LogP) is 1.39. The Morgan fingerprint density at radius 2 is 1.82 bits per heavy atom. The molecule has 2 heterocycles. The van der Waals surface area contributed by atoms with E-state index in [1.54, 1.807) is 4.90 Å². The summed E-state index contributed by atoms with van der Waals surface area (Å²) in [5, 5.41) is 0. The van der Waals surface area contributed by atoms with Crippen LogP contribution in [0.5, 0.6) is 0 Å². The molecule has 1 aliphatic rings. The highest BCUT2D eigenvalue weighted by Gasteiger charge is 2.24. The molecule has 92 valence electrons. The second-order valence-corrected chi connectivity index (χ2v) is 4.23. The maximum absolute atomic E-state index is 12.2. The topological polar surface area (TPSA) is 76.5 Å². The van der Waals surface area contributed by atoms with E-state index in [1.807, 2.05) is 0 Å². The van der Waals surface area contributed by atoms with Crippen LogP contribution in [0.3, 0.4) is 0 Å². The summed E-state index contributed by atoms with van der Waals surface area (Å²) >= 11 is 0. The zero-order chi connectivity index (χ0) is 12.3. The minimum absolute atomic E-state index is 0.0689. The second kappa shape index (κ2) is 5.03. The van der Waals surface area contributed by atoms with Crippen LogP contribution in [0.15, 0.2) is 16.7 Å². The van der Waals surface area contributed by atoms with E-state index in [0.29, 0.717) is 0 Å². The van der Waals surface area contributed by atoms with E-state index in [1.165, 1.54) is 12.3 Å². The molecule has 2 N–H and O–H groups in total. The van der Waals surface area contributed by atoms with Gasteiger partial charge in [0.15, 0.2) is 0 Å². The van der Waals surface area contributed by atoms with Crippen molar-refractivity contribution in [3.05, 3.63) is 23.7 Å². The van der Waals surface area contributed by atoms with Gasteiger partial charge in [-0.25, -0.2) is 0 Å². The van der Waals surface area contributed by atoms with E-state index < -0.39 is 5.91 Å². The molecule has 1 aromatic rings. The van der Waals surface area contributed by atoms with Crippen molar-refractivity contribution in [3.63, 3.8) is 0 Å². The first kappa shape index (κ1) is 11.7. The molecule has 5 nitrogen and oxygen atoms in total. The number of rotatable bonds is 2. The molecular weight excluding hydrogens is 220 g/mol. The lowest BCUT2D eigenvalue weighted by Gasteiger charge is -2.19. The lowest BCUT2D eigenvalue weighted by Crippen LogP contribution is -2.32. The number of primary amides is 1. The van der Waals surface area contributed by atoms with Gasteiger partial charge in [0.2, 0.25) is 5.76 Å². The smallest absolute Gasteiger partial charge is 0.290 e. The van der Waals surface area contributed by atoms with E-state index in [-0.39, 0.29) is 17.2 Å². The number of furan rings is 1. The van der Waals surface area contributed by atoms with Gasteiger partial charge in [-0.3, -0.25) is 9.59 Å². The van der Waals surface area contributed by atoms with Crippen molar-refractivity contribution in [1.29, 1.82) is 0 Å². The van der Waals surface area contributed by atoms with Crippen molar-refractivity contribution in [3.8, 4) is 0 Å². The summed E-state index contributed by atoms with van der Waals surface area (Å²) in [6.07, 6.45) is 5.61. The third-order valence-electron chi connectivity index (χ3n) is 3.02. The summed E-state index contributed by atoms with van der Waals surface area (Å²) in [5.74, 6) is -0.790. The molecule has 0 spiro atoms. The fraction of sp³-hybridized carbons (Fsp3) is 0.500. The molecule has 0 aromatic carbocycles. The van der Waals surface area contributed by atoms with E-state index >= 15 is 0 Å². The predicted molar refractivity (Wildman–Crippen MR) is 61.6 cm³/mol. The molecule has 2 rings (SSSR count). The molecule has 17 heavy (non-hydrogen) atoms. The lowest BCUT2D eigenvalue weighted by atomic mass is 10.2. The highest BCUT2D eigenvalue weighted by Crippen LogP contribution is 2.16. The van der Waals surface area contributed by atoms with Gasteiger partial charge in [-0.1, -0.05) is 12.8 Å². The first-order valence-electron chi connectivity index (χ1n) is 5.86. The summed E-state index contributed by atoms with van der Waals surface area (Å²) in [7, 11) is 0. The van der Waals surface area contributed by atoms with Gasteiger partial charge < -0.3 is 15.1 Å². The molecule has 0 aliphatic carbocycles. The number of nitrogens with zero attached hydrogens (tertiary/aromatic N) is 1. The Labute approximate surface area is 99.6 Å². The second-order valence-electron chi connectivity index (χ2n) is 4.23. The third-order valence-corrected chi connectivity index (χ3v) is 3.02. The van der Waals surface area contributed by atoms with Crippen LogP contribution in [0.1, 0.15) is 46.6 Å². The van der Waals surface area contributed by atoms with Crippen molar-refractivity contribution in [2.24, 2.45) is 5.73 Å². The molecule has 0 radical (unpaired) electrons. The van der Waals surface area contributed by atoms with Gasteiger partial charge in [-0.05, 0) is 18.9 Å². The van der Waals surface area contributed by atoms with Crippen molar-refractivity contribution < 1.29 is 14.0 Å². The molecule has 2 amide bonds. The molecular formula is C12H16N2O3. The molecule has 5 heteroatoms. The number of nitrogens with two attached hydrogens (primary N) is 1. The average Bonchev–Trinajstić information content (AvgIpc) is 2.64. The van der Waals surface area contributed by atoms with Gasteiger partial charge >= 0.3 is 0 Å². The number of hydrogen-bond acceptors (Lipinski definition) is 3. The highest BCUT2D eigenvalue weighted by atomic mass is 16.3. The maximum Gasteiger partial charge on any atom is 0.290 e. The molecule has 0 atom stereocenters. The fourth-order valence-electron chi connectivity index (χ4n) is 2.09. The minimum atomic E-state index is -0.628. The number of hydrogen-bond donors (Lipinski definition) is 1. The van der Waals surface area contributed by atoms with Crippen LogP contribution in [0.4, 0.5) is 0 Å². The average molecular weight is 236 g/mol. The Balaban J connectivity index is 2.17. The first-order valence-corrected chi connectivity index (χ1v) is 5.86. The number of likely N-dealkylation sites (tertiary alicyclic amines) is 1. The molecule has 1 saturated heterocycles. The van der Waals surface area contributed by atoms with Gasteiger partial charge in [0.1, 0.15) is 0 Å². The molecule has 1 fully saturated rings. The van der Waals surface area contributed by atoms with Crippen LogP contribution < -0.4 is 5.73 Å². The Bertz CT molecular complexity index is 417. The van der Waals surface area contributed by atoms with Gasteiger partial charge in [-0.2, -0.15) is 0 Å². The van der Waals surface area contributed by atoms with E-state index in [0.717, 1.165) is 38.8 Å². The van der Waals surface area contributed by atoms with Crippen molar-refractivity contribution >= 4 is 11.8 Å². The quantitative estimate of drug-likeness (QED) is 0.843. The Kier molecular flexibility index (Phi) is 3.46. The van der Waals surface area contributed by atoms with Crippen molar-refractivity contribution in [2.75, 3.05) is 13.1 Å². The van der Waals surface area contributed by atoms with E-state index in [4.69, 9.17) is 10.2 Å². The van der Waals surface area contributed by atoms with Crippen LogP contribution in [-0.2, 0) is 0 Å². The summed E-state index contributed by atoms with van der Waals surface area (Å²) in [4.78, 5) is 25.0. The number of amides is 2. The van der Waals surface area contributed by atoms with E-state index in [2.05, 4.69) is 0 Å². The van der Waals surface area contributed by atoms with Crippen LogP contribution in [-0.4, -0.2) is 29.8 Å². The van der Waals surface area contributed by atoms with Crippen LogP contribution >= 0.6 is 0 Å². The molecule has 1 aliphatic heterocycles. The summed E-state index contributed by atoms with van der Waals surface area (Å²) in [6, 6.07) is 1.44. The maximum atomic E-state index is 12.2. The van der Waals surface area contributed by atoms with Crippen molar-refractivity contribution in [1.82, 2.24) is 4.90 Å². The van der Waals surface area contributed by atoms with Crippen LogP contribution in [0, 0.1) is 0 Å². The van der Waals surface area contributed by atoms with Crippen LogP contribution in [0.25, 0.3) is 0 Å². The van der Waals surface area contributed by atoms with E-state index in [9.17, 15) is 9.59 Å². The summed E-state index contributed by atoms with van der Waals surface area (Å²) < 4.78 is 5.09. The molecule has 0 bridgehead atoms. The van der Waals surface area contributed by atoms with Gasteiger partial charge in [0.25, 0.3) is 11.8 Å². The highest BCUT2D eigenvalue weighted by molar-refractivity contribution is 6.04. The molecule has 1 aromatic heterocycles. The Morgan fingerprint density at radius 1 is 1.18 bits per heavy atom. The van der Waals surface area contributed by atoms with Crippen molar-refractivity contribution in [2.45, 2.75) is 25.7 Å². The number of carbonyl (C=O) groups is 2. The fourth-order valence-corrected chi connectivity index (χ4v) is 2.09. The minimum Gasteiger partial charge on any atom is -0.458 e. The standard InChI is InChI=1S/C12H16N2O3/c13-11(15)9-5-8-17-10(9)12(16)14-6-3-1-2-4-7-14/h5,8H,1-4,6-7H2,(H2,13,15). The van der Waals surface area contributed by atoms with Gasteiger partial charge in [-0.15, -0.1) is 0 Å². The number of carbonyl (C=O) groups excluding carboxylic acids is 2. The normalized spacial score (nSPS) is 16.6. The largest absolute Gasteiger partial charge is 0.458 e.